The van der Waals surface area contributed by atoms with Crippen LogP contribution in [0.2, 0.25) is 0 Å². The summed E-state index contributed by atoms with van der Waals surface area (Å²) in [5.41, 5.74) is 1.28. The SMILES string of the molecule is NNc1ncc(Br)c(Oc2ccccc2C(F)(F)F)n1. The summed E-state index contributed by atoms with van der Waals surface area (Å²) < 4.78 is 44.0. The number of hydrogen-bond acceptors (Lipinski definition) is 5. The van der Waals surface area contributed by atoms with Crippen LogP contribution in [0.15, 0.2) is 34.9 Å². The highest BCUT2D eigenvalue weighted by molar-refractivity contribution is 9.10. The summed E-state index contributed by atoms with van der Waals surface area (Å²) in [6, 6.07) is 4.83. The van der Waals surface area contributed by atoms with Crippen molar-refractivity contribution < 1.29 is 17.9 Å². The molecule has 0 aliphatic rings. The lowest BCUT2D eigenvalue weighted by Gasteiger charge is -2.13. The smallest absolute Gasteiger partial charge is 0.419 e. The van der Waals surface area contributed by atoms with Gasteiger partial charge in [-0.05, 0) is 28.1 Å². The van der Waals surface area contributed by atoms with Crippen molar-refractivity contribution in [3.8, 4) is 11.6 Å². The number of para-hydroxylation sites is 1. The summed E-state index contributed by atoms with van der Waals surface area (Å²) in [6.07, 6.45) is -3.21. The van der Waals surface area contributed by atoms with Crippen molar-refractivity contribution in [3.05, 3.63) is 40.5 Å². The van der Waals surface area contributed by atoms with Crippen LogP contribution in [0.5, 0.6) is 11.6 Å². The fourth-order valence-corrected chi connectivity index (χ4v) is 1.66. The molecule has 20 heavy (non-hydrogen) atoms. The second-order valence-corrected chi connectivity index (χ2v) is 4.44. The molecule has 0 fully saturated rings. The molecule has 1 aromatic heterocycles. The van der Waals surface area contributed by atoms with Crippen molar-refractivity contribution in [2.75, 3.05) is 5.43 Å². The Hall–Kier alpha value is -1.87. The zero-order valence-corrected chi connectivity index (χ0v) is 11.4. The third kappa shape index (κ3) is 3.17. The highest BCUT2D eigenvalue weighted by Crippen LogP contribution is 2.38. The predicted octanol–water partition coefficient (Wildman–Crippen LogP) is 3.34. The molecule has 0 bridgehead atoms. The summed E-state index contributed by atoms with van der Waals surface area (Å²) in [4.78, 5) is 7.60. The molecule has 1 aromatic carbocycles. The lowest BCUT2D eigenvalue weighted by molar-refractivity contribution is -0.138. The second kappa shape index (κ2) is 5.63. The molecule has 0 radical (unpaired) electrons. The molecule has 1 heterocycles. The maximum absolute atomic E-state index is 12.8. The summed E-state index contributed by atoms with van der Waals surface area (Å²) in [6.45, 7) is 0. The molecule has 5 nitrogen and oxygen atoms in total. The number of ether oxygens (including phenoxy) is 1. The van der Waals surface area contributed by atoms with Crippen LogP contribution < -0.4 is 16.0 Å². The number of aromatic nitrogens is 2. The molecule has 0 saturated carbocycles. The summed E-state index contributed by atoms with van der Waals surface area (Å²) in [7, 11) is 0. The molecular weight excluding hydrogens is 341 g/mol. The molecule has 0 aliphatic carbocycles. The fraction of sp³-hybridized carbons (Fsp3) is 0.0909. The minimum atomic E-state index is -4.52. The molecule has 2 aromatic rings. The van der Waals surface area contributed by atoms with Gasteiger partial charge in [0.15, 0.2) is 0 Å². The number of nitrogen functional groups attached to an aromatic ring is 1. The van der Waals surface area contributed by atoms with Crippen LogP contribution in [-0.2, 0) is 6.18 Å². The van der Waals surface area contributed by atoms with Gasteiger partial charge >= 0.3 is 6.18 Å². The lowest BCUT2D eigenvalue weighted by Crippen LogP contribution is -2.11. The molecule has 3 N–H and O–H groups in total. The number of alkyl halides is 3. The van der Waals surface area contributed by atoms with Crippen molar-refractivity contribution in [1.29, 1.82) is 0 Å². The van der Waals surface area contributed by atoms with Gasteiger partial charge in [-0.1, -0.05) is 12.1 Å². The van der Waals surface area contributed by atoms with Crippen molar-refractivity contribution in [2.45, 2.75) is 6.18 Å². The Labute approximate surface area is 120 Å². The first-order chi connectivity index (χ1) is 9.41. The number of nitrogens with one attached hydrogen (secondary N) is 1. The van der Waals surface area contributed by atoms with Gasteiger partial charge in [0.2, 0.25) is 11.8 Å². The van der Waals surface area contributed by atoms with E-state index in [-0.39, 0.29) is 17.6 Å². The van der Waals surface area contributed by atoms with E-state index in [1.807, 2.05) is 0 Å². The quantitative estimate of drug-likeness (QED) is 0.657. The Morgan fingerprint density at radius 3 is 2.60 bits per heavy atom. The summed E-state index contributed by atoms with van der Waals surface area (Å²) in [5, 5.41) is 0. The normalized spacial score (nSPS) is 11.2. The lowest BCUT2D eigenvalue weighted by atomic mass is 10.2. The van der Waals surface area contributed by atoms with E-state index in [2.05, 4.69) is 31.3 Å². The van der Waals surface area contributed by atoms with Gasteiger partial charge in [0.25, 0.3) is 0 Å². The first-order valence-electron chi connectivity index (χ1n) is 5.25. The third-order valence-electron chi connectivity index (χ3n) is 2.24. The predicted molar refractivity (Wildman–Crippen MR) is 69.1 cm³/mol. The Morgan fingerprint density at radius 2 is 1.95 bits per heavy atom. The van der Waals surface area contributed by atoms with E-state index < -0.39 is 11.7 Å². The van der Waals surface area contributed by atoms with Crippen molar-refractivity contribution in [2.24, 2.45) is 5.84 Å². The van der Waals surface area contributed by atoms with E-state index in [4.69, 9.17) is 10.6 Å². The number of rotatable bonds is 3. The first-order valence-corrected chi connectivity index (χ1v) is 6.04. The first kappa shape index (κ1) is 14.5. The van der Waals surface area contributed by atoms with Gasteiger partial charge in [-0.3, -0.25) is 5.43 Å². The van der Waals surface area contributed by atoms with Gasteiger partial charge in [0.05, 0.1) is 16.2 Å². The van der Waals surface area contributed by atoms with Crippen LogP contribution in [0.25, 0.3) is 0 Å². The van der Waals surface area contributed by atoms with Crippen molar-refractivity contribution in [1.82, 2.24) is 9.97 Å². The second-order valence-electron chi connectivity index (χ2n) is 3.59. The third-order valence-corrected chi connectivity index (χ3v) is 2.78. The molecule has 2 rings (SSSR count). The molecule has 0 unspecified atom stereocenters. The summed E-state index contributed by atoms with van der Waals surface area (Å²) >= 11 is 3.09. The van der Waals surface area contributed by atoms with Gasteiger partial charge in [-0.15, -0.1) is 0 Å². The number of hydrogen-bond donors (Lipinski definition) is 2. The molecular formula is C11H8BrF3N4O. The average Bonchev–Trinajstić information content (AvgIpc) is 2.41. The largest absolute Gasteiger partial charge is 0.437 e. The average molecular weight is 349 g/mol. The minimum absolute atomic E-state index is 0.0210. The summed E-state index contributed by atoms with van der Waals surface area (Å²) in [5.74, 6) is 4.72. The van der Waals surface area contributed by atoms with Crippen LogP contribution >= 0.6 is 15.9 Å². The number of nitrogens with zero attached hydrogens (tertiary/aromatic N) is 2. The van der Waals surface area contributed by atoms with E-state index in [1.54, 1.807) is 0 Å². The Bertz CT molecular complexity index is 621. The maximum Gasteiger partial charge on any atom is 0.419 e. The Morgan fingerprint density at radius 1 is 1.25 bits per heavy atom. The number of anilines is 1. The van der Waals surface area contributed by atoms with Gasteiger partial charge in [-0.25, -0.2) is 10.8 Å². The Balaban J connectivity index is 2.40. The fourth-order valence-electron chi connectivity index (χ4n) is 1.39. The number of nitrogens with two attached hydrogens (primary N) is 1. The molecule has 0 spiro atoms. The van der Waals surface area contributed by atoms with E-state index in [9.17, 15) is 13.2 Å². The van der Waals surface area contributed by atoms with Crippen molar-refractivity contribution >= 4 is 21.9 Å². The van der Waals surface area contributed by atoms with E-state index >= 15 is 0 Å². The monoisotopic (exact) mass is 348 g/mol. The van der Waals surface area contributed by atoms with Gasteiger partial charge in [0.1, 0.15) is 5.75 Å². The highest BCUT2D eigenvalue weighted by Gasteiger charge is 2.34. The Kier molecular flexibility index (Phi) is 4.09. The van der Waals surface area contributed by atoms with Crippen LogP contribution in [0.1, 0.15) is 5.56 Å². The van der Waals surface area contributed by atoms with E-state index in [0.29, 0.717) is 4.47 Å². The minimum Gasteiger partial charge on any atom is -0.437 e. The topological polar surface area (TPSA) is 73.1 Å². The molecule has 0 aliphatic heterocycles. The molecule has 0 amide bonds. The van der Waals surface area contributed by atoms with Crippen LogP contribution in [-0.4, -0.2) is 9.97 Å². The van der Waals surface area contributed by atoms with Gasteiger partial charge in [-0.2, -0.15) is 18.2 Å². The van der Waals surface area contributed by atoms with Crippen LogP contribution in [0, 0.1) is 0 Å². The van der Waals surface area contributed by atoms with Crippen LogP contribution in [0.4, 0.5) is 19.1 Å². The van der Waals surface area contributed by atoms with E-state index in [0.717, 1.165) is 6.07 Å². The molecule has 0 saturated heterocycles. The van der Waals surface area contributed by atoms with Gasteiger partial charge < -0.3 is 4.74 Å². The van der Waals surface area contributed by atoms with Crippen molar-refractivity contribution in [3.63, 3.8) is 0 Å². The maximum atomic E-state index is 12.8. The van der Waals surface area contributed by atoms with Crippen LogP contribution in [0.3, 0.4) is 0 Å². The molecule has 106 valence electrons. The molecule has 0 atom stereocenters. The zero-order chi connectivity index (χ0) is 14.8. The number of hydrazine groups is 1. The number of benzene rings is 1. The number of halogens is 4. The standard InChI is InChI=1S/C11H8BrF3N4O/c12-7-5-17-10(19-16)18-9(7)20-8-4-2-1-3-6(8)11(13,14)15/h1-5H,16H2,(H,17,18,19). The van der Waals surface area contributed by atoms with Gasteiger partial charge in [0, 0.05) is 0 Å². The highest BCUT2D eigenvalue weighted by atomic mass is 79.9. The van der Waals surface area contributed by atoms with E-state index in [1.165, 1.54) is 24.4 Å². The zero-order valence-electron chi connectivity index (χ0n) is 9.78. The molecule has 9 heteroatoms.